The van der Waals surface area contributed by atoms with E-state index in [1.165, 1.54) is 18.2 Å². The summed E-state index contributed by atoms with van der Waals surface area (Å²) in [4.78, 5) is 12.8. The van der Waals surface area contributed by atoms with Gasteiger partial charge in [-0.25, -0.2) is 13.6 Å². The molecule has 198 valence electrons. The lowest BCUT2D eigenvalue weighted by Gasteiger charge is -2.15. The molecule has 0 heterocycles. The van der Waals surface area contributed by atoms with Crippen LogP contribution in [0.3, 0.4) is 0 Å². The third kappa shape index (κ3) is 6.32. The molecule has 7 heteroatoms. The van der Waals surface area contributed by atoms with Gasteiger partial charge in [0.1, 0.15) is 30.6 Å². The number of ether oxygens (including phenoxy) is 2. The SMILES string of the molecule is O=C(OCc1ccc(Cl)cc1F)c1cccc(C2=C(c3ccccc3OCc3ccc(Cl)cc3F)CCC2)c1. The van der Waals surface area contributed by atoms with Crippen LogP contribution in [-0.2, 0) is 18.0 Å². The number of rotatable bonds is 8. The van der Waals surface area contributed by atoms with Gasteiger partial charge >= 0.3 is 5.97 Å². The van der Waals surface area contributed by atoms with Crippen molar-refractivity contribution in [2.45, 2.75) is 32.5 Å². The van der Waals surface area contributed by atoms with Crippen molar-refractivity contribution in [3.8, 4) is 5.75 Å². The minimum Gasteiger partial charge on any atom is -0.488 e. The van der Waals surface area contributed by atoms with Crippen molar-refractivity contribution in [3.63, 3.8) is 0 Å². The molecule has 5 rings (SSSR count). The second-order valence-corrected chi connectivity index (χ2v) is 10.1. The number of benzene rings is 4. The van der Waals surface area contributed by atoms with E-state index in [1.54, 1.807) is 30.3 Å². The van der Waals surface area contributed by atoms with Gasteiger partial charge in [-0.2, -0.15) is 0 Å². The maximum Gasteiger partial charge on any atom is 0.338 e. The highest BCUT2D eigenvalue weighted by molar-refractivity contribution is 6.30. The summed E-state index contributed by atoms with van der Waals surface area (Å²) < 4.78 is 39.8. The third-order valence-corrected chi connectivity index (χ3v) is 7.12. The van der Waals surface area contributed by atoms with E-state index < -0.39 is 17.6 Å². The van der Waals surface area contributed by atoms with Crippen LogP contribution in [0.25, 0.3) is 11.1 Å². The fourth-order valence-corrected chi connectivity index (χ4v) is 5.01. The molecular formula is C32H24Cl2F2O3. The number of para-hydroxylation sites is 1. The number of esters is 1. The lowest BCUT2D eigenvalue weighted by Crippen LogP contribution is -2.06. The number of carbonyl (C=O) groups excluding carboxylic acids is 1. The van der Waals surface area contributed by atoms with Gasteiger partial charge in [0.25, 0.3) is 0 Å². The van der Waals surface area contributed by atoms with E-state index in [1.807, 2.05) is 36.4 Å². The predicted molar refractivity (Wildman–Crippen MR) is 150 cm³/mol. The average molecular weight is 565 g/mol. The van der Waals surface area contributed by atoms with Gasteiger partial charge < -0.3 is 9.47 Å². The molecule has 0 unspecified atom stereocenters. The van der Waals surface area contributed by atoms with Crippen molar-refractivity contribution < 1.29 is 23.0 Å². The summed E-state index contributed by atoms with van der Waals surface area (Å²) in [6, 6.07) is 23.7. The second kappa shape index (κ2) is 12.0. The monoisotopic (exact) mass is 564 g/mol. The Balaban J connectivity index is 1.37. The van der Waals surface area contributed by atoms with Crippen molar-refractivity contribution in [3.05, 3.63) is 134 Å². The first-order valence-electron chi connectivity index (χ1n) is 12.5. The minimum atomic E-state index is -0.542. The molecule has 1 aliphatic carbocycles. The van der Waals surface area contributed by atoms with E-state index >= 15 is 0 Å². The molecule has 0 atom stereocenters. The van der Waals surface area contributed by atoms with E-state index in [9.17, 15) is 13.6 Å². The molecule has 39 heavy (non-hydrogen) atoms. The number of carbonyl (C=O) groups is 1. The standard InChI is InChI=1S/C32H24Cl2F2O3/c33-24-13-11-22(29(35)16-24)18-38-31-10-2-1-7-28(31)27-9-4-8-26(27)20-5-3-6-21(15-20)32(37)39-19-23-12-14-25(34)17-30(23)36/h1-3,5-7,10-17H,4,8-9,18-19H2. The lowest BCUT2D eigenvalue weighted by molar-refractivity contribution is 0.0469. The van der Waals surface area contributed by atoms with Crippen LogP contribution in [0.1, 0.15) is 51.9 Å². The molecule has 0 fully saturated rings. The van der Waals surface area contributed by atoms with Crippen molar-refractivity contribution in [1.82, 2.24) is 0 Å². The van der Waals surface area contributed by atoms with Crippen molar-refractivity contribution >= 4 is 40.3 Å². The normalized spacial score (nSPS) is 13.0. The lowest BCUT2D eigenvalue weighted by atomic mass is 9.95. The van der Waals surface area contributed by atoms with E-state index in [4.69, 9.17) is 32.7 Å². The summed E-state index contributed by atoms with van der Waals surface area (Å²) in [5, 5.41) is 0.612. The van der Waals surface area contributed by atoms with Crippen LogP contribution in [0.15, 0.2) is 84.9 Å². The van der Waals surface area contributed by atoms with E-state index in [2.05, 4.69) is 0 Å². The molecular weight excluding hydrogens is 541 g/mol. The van der Waals surface area contributed by atoms with Crippen LogP contribution in [0.2, 0.25) is 10.0 Å². The molecule has 4 aromatic rings. The molecule has 0 amide bonds. The largest absolute Gasteiger partial charge is 0.488 e. The van der Waals surface area contributed by atoms with Crippen LogP contribution in [0, 0.1) is 11.6 Å². The second-order valence-electron chi connectivity index (χ2n) is 9.22. The fourth-order valence-electron chi connectivity index (χ4n) is 4.69. The van der Waals surface area contributed by atoms with Crippen LogP contribution >= 0.6 is 23.2 Å². The molecule has 4 aromatic carbocycles. The molecule has 3 nitrogen and oxygen atoms in total. The first kappa shape index (κ1) is 26.9. The summed E-state index contributed by atoms with van der Waals surface area (Å²) in [6.45, 7) is -0.128. The Bertz CT molecular complexity index is 1570. The Morgan fingerprint density at radius 1 is 0.744 bits per heavy atom. The van der Waals surface area contributed by atoms with Crippen LogP contribution in [0.5, 0.6) is 5.75 Å². The van der Waals surface area contributed by atoms with Crippen LogP contribution in [-0.4, -0.2) is 5.97 Å². The molecule has 0 radical (unpaired) electrons. The topological polar surface area (TPSA) is 35.5 Å². The summed E-state index contributed by atoms with van der Waals surface area (Å²) in [5.41, 5.74) is 5.12. The highest BCUT2D eigenvalue weighted by atomic mass is 35.5. The first-order valence-corrected chi connectivity index (χ1v) is 13.2. The highest BCUT2D eigenvalue weighted by Gasteiger charge is 2.22. The molecule has 0 saturated carbocycles. The summed E-state index contributed by atoms with van der Waals surface area (Å²) in [7, 11) is 0. The number of halogens is 4. The van der Waals surface area contributed by atoms with Gasteiger partial charge in [0.05, 0.1) is 5.56 Å². The Labute approximate surface area is 235 Å². The van der Waals surface area contributed by atoms with Crippen molar-refractivity contribution in [1.29, 1.82) is 0 Å². The van der Waals surface area contributed by atoms with Gasteiger partial charge in [0, 0.05) is 26.7 Å². The Hall–Kier alpha value is -3.67. The maximum absolute atomic E-state index is 14.3. The molecule has 0 bridgehead atoms. The highest BCUT2D eigenvalue weighted by Crippen LogP contribution is 2.43. The zero-order chi connectivity index (χ0) is 27.4. The molecule has 0 N–H and O–H groups in total. The van der Waals surface area contributed by atoms with Crippen molar-refractivity contribution in [2.24, 2.45) is 0 Å². The van der Waals surface area contributed by atoms with E-state index in [-0.39, 0.29) is 23.8 Å². The zero-order valence-corrected chi connectivity index (χ0v) is 22.4. The van der Waals surface area contributed by atoms with Gasteiger partial charge in [-0.3, -0.25) is 0 Å². The maximum atomic E-state index is 14.3. The summed E-state index contributed by atoms with van der Waals surface area (Å²) >= 11 is 11.7. The minimum absolute atomic E-state index is 0.0676. The number of allylic oxidation sites excluding steroid dienone is 2. The number of hydrogen-bond donors (Lipinski definition) is 0. The van der Waals surface area contributed by atoms with Gasteiger partial charge in [0.15, 0.2) is 0 Å². The zero-order valence-electron chi connectivity index (χ0n) is 20.9. The smallest absolute Gasteiger partial charge is 0.338 e. The Morgan fingerprint density at radius 3 is 2.13 bits per heavy atom. The summed E-state index contributed by atoms with van der Waals surface area (Å²) in [5.74, 6) is -0.824. The molecule has 0 aromatic heterocycles. The van der Waals surface area contributed by atoms with Crippen LogP contribution in [0.4, 0.5) is 8.78 Å². The van der Waals surface area contributed by atoms with Gasteiger partial charge in [0.2, 0.25) is 0 Å². The van der Waals surface area contributed by atoms with Gasteiger partial charge in [-0.1, -0.05) is 65.7 Å². The molecule has 0 spiro atoms. The summed E-state index contributed by atoms with van der Waals surface area (Å²) in [6.07, 6.45) is 2.63. The van der Waals surface area contributed by atoms with Crippen LogP contribution < -0.4 is 4.74 Å². The first-order chi connectivity index (χ1) is 18.9. The third-order valence-electron chi connectivity index (χ3n) is 6.65. The van der Waals surface area contributed by atoms with Crippen molar-refractivity contribution in [2.75, 3.05) is 0 Å². The molecule has 1 aliphatic rings. The molecule has 0 saturated heterocycles. The predicted octanol–water partition coefficient (Wildman–Crippen LogP) is 9.30. The van der Waals surface area contributed by atoms with E-state index in [0.717, 1.165) is 41.5 Å². The van der Waals surface area contributed by atoms with Gasteiger partial charge in [-0.15, -0.1) is 0 Å². The average Bonchev–Trinajstić information content (AvgIpc) is 3.42. The quantitative estimate of drug-likeness (QED) is 0.200. The Morgan fingerprint density at radius 2 is 1.41 bits per heavy atom. The van der Waals surface area contributed by atoms with Gasteiger partial charge in [-0.05, 0) is 78.4 Å². The number of hydrogen-bond acceptors (Lipinski definition) is 3. The fraction of sp³-hybridized carbons (Fsp3) is 0.156. The molecule has 0 aliphatic heterocycles. The Kier molecular flexibility index (Phi) is 8.30. The van der Waals surface area contributed by atoms with E-state index in [0.29, 0.717) is 21.9 Å².